The quantitative estimate of drug-likeness (QED) is 0.569. The Morgan fingerprint density at radius 1 is 1.29 bits per heavy atom. The molecule has 2 N–H and O–H groups in total. The molecule has 0 radical (unpaired) electrons. The first-order valence-corrected chi connectivity index (χ1v) is 5.04. The molecule has 0 saturated heterocycles. The lowest BCUT2D eigenvalue weighted by atomic mass is 10.0. The molecule has 1 aromatic rings. The van der Waals surface area contributed by atoms with Crippen LogP contribution in [0.4, 0.5) is 0 Å². The summed E-state index contributed by atoms with van der Waals surface area (Å²) >= 11 is 0. The molecule has 0 amide bonds. The van der Waals surface area contributed by atoms with Crippen molar-refractivity contribution < 1.29 is 0 Å². The first kappa shape index (κ1) is 10.8. The van der Waals surface area contributed by atoms with Gasteiger partial charge in [-0.15, -0.1) is 11.8 Å². The van der Waals surface area contributed by atoms with E-state index >= 15 is 0 Å². The summed E-state index contributed by atoms with van der Waals surface area (Å²) in [5.74, 6) is 5.94. The third-order valence-electron chi connectivity index (χ3n) is 2.22. The number of nitrogens with two attached hydrogens (primary N) is 1. The van der Waals surface area contributed by atoms with Crippen molar-refractivity contribution in [3.8, 4) is 11.8 Å². The highest BCUT2D eigenvalue weighted by atomic mass is 14.6. The molecule has 0 aliphatic carbocycles. The zero-order valence-electron chi connectivity index (χ0n) is 8.66. The number of unbranched alkanes of at least 4 members (excludes halogenated alkanes) is 1. The van der Waals surface area contributed by atoms with Gasteiger partial charge in [0.1, 0.15) is 0 Å². The van der Waals surface area contributed by atoms with Crippen LogP contribution in [-0.4, -0.2) is 0 Å². The third-order valence-corrected chi connectivity index (χ3v) is 2.22. The van der Waals surface area contributed by atoms with Gasteiger partial charge in [-0.2, -0.15) is 0 Å². The zero-order valence-corrected chi connectivity index (χ0v) is 8.66. The number of hydrogen-bond acceptors (Lipinski definition) is 1. The molecule has 1 rings (SSSR count). The van der Waals surface area contributed by atoms with Crippen LogP contribution >= 0.6 is 0 Å². The minimum absolute atomic E-state index is 0.162. The molecular weight excluding hydrogens is 170 g/mol. The van der Waals surface area contributed by atoms with Crippen molar-refractivity contribution >= 4 is 0 Å². The van der Waals surface area contributed by atoms with Gasteiger partial charge in [-0.3, -0.25) is 0 Å². The molecule has 1 nitrogen and oxygen atoms in total. The Balaban J connectivity index is 2.34. The van der Waals surface area contributed by atoms with Gasteiger partial charge < -0.3 is 5.73 Å². The fraction of sp³-hybridized carbons (Fsp3) is 0.385. The van der Waals surface area contributed by atoms with Crippen molar-refractivity contribution in [1.82, 2.24) is 0 Å². The fourth-order valence-electron chi connectivity index (χ4n) is 1.40. The summed E-state index contributed by atoms with van der Waals surface area (Å²) in [4.78, 5) is 0. The SMILES string of the molecule is CC#CCCCC(N)c1ccccc1. The second kappa shape index (κ2) is 6.23. The molecule has 14 heavy (non-hydrogen) atoms. The molecule has 0 heterocycles. The summed E-state index contributed by atoms with van der Waals surface area (Å²) < 4.78 is 0. The Labute approximate surface area is 86.3 Å². The molecule has 1 atom stereocenters. The monoisotopic (exact) mass is 187 g/mol. The summed E-state index contributed by atoms with van der Waals surface area (Å²) in [7, 11) is 0. The van der Waals surface area contributed by atoms with Gasteiger partial charge in [0.15, 0.2) is 0 Å². The predicted molar refractivity (Wildman–Crippen MR) is 60.7 cm³/mol. The van der Waals surface area contributed by atoms with Gasteiger partial charge in [-0.1, -0.05) is 30.3 Å². The maximum Gasteiger partial charge on any atom is 0.0295 e. The predicted octanol–water partition coefficient (Wildman–Crippen LogP) is 2.88. The van der Waals surface area contributed by atoms with Crippen molar-refractivity contribution in [2.75, 3.05) is 0 Å². The van der Waals surface area contributed by atoms with E-state index in [9.17, 15) is 0 Å². The van der Waals surface area contributed by atoms with Gasteiger partial charge in [0.25, 0.3) is 0 Å². The molecule has 0 fully saturated rings. The molecular formula is C13H17N. The second-order valence-corrected chi connectivity index (χ2v) is 3.34. The minimum atomic E-state index is 0.162. The summed E-state index contributed by atoms with van der Waals surface area (Å²) in [6.45, 7) is 1.87. The van der Waals surface area contributed by atoms with E-state index in [1.807, 2.05) is 25.1 Å². The van der Waals surface area contributed by atoms with E-state index in [0.717, 1.165) is 19.3 Å². The molecule has 0 aromatic heterocycles. The van der Waals surface area contributed by atoms with Gasteiger partial charge in [0.2, 0.25) is 0 Å². The van der Waals surface area contributed by atoms with Crippen LogP contribution in [0.5, 0.6) is 0 Å². The van der Waals surface area contributed by atoms with E-state index in [1.165, 1.54) is 5.56 Å². The van der Waals surface area contributed by atoms with Crippen molar-refractivity contribution in [2.45, 2.75) is 32.2 Å². The van der Waals surface area contributed by atoms with Crippen LogP contribution in [0.1, 0.15) is 37.8 Å². The van der Waals surface area contributed by atoms with Crippen LogP contribution in [0.2, 0.25) is 0 Å². The number of rotatable bonds is 4. The highest BCUT2D eigenvalue weighted by Crippen LogP contribution is 2.15. The van der Waals surface area contributed by atoms with E-state index in [1.54, 1.807) is 0 Å². The summed E-state index contributed by atoms with van der Waals surface area (Å²) in [6, 6.07) is 10.4. The molecule has 0 saturated carbocycles. The molecule has 1 aromatic carbocycles. The highest BCUT2D eigenvalue weighted by Gasteiger charge is 2.03. The number of hydrogen-bond donors (Lipinski definition) is 1. The largest absolute Gasteiger partial charge is 0.324 e. The fourth-order valence-corrected chi connectivity index (χ4v) is 1.40. The van der Waals surface area contributed by atoms with E-state index in [-0.39, 0.29) is 6.04 Å². The minimum Gasteiger partial charge on any atom is -0.324 e. The van der Waals surface area contributed by atoms with E-state index in [4.69, 9.17) is 5.73 Å². The highest BCUT2D eigenvalue weighted by molar-refractivity contribution is 5.18. The average molecular weight is 187 g/mol. The number of benzene rings is 1. The first-order valence-electron chi connectivity index (χ1n) is 5.04. The molecule has 1 unspecified atom stereocenters. The topological polar surface area (TPSA) is 26.0 Å². The Kier molecular flexibility index (Phi) is 4.82. The lowest BCUT2D eigenvalue weighted by molar-refractivity contribution is 0.621. The Bertz CT molecular complexity index is 305. The maximum absolute atomic E-state index is 6.03. The van der Waals surface area contributed by atoms with E-state index < -0.39 is 0 Å². The molecule has 0 aliphatic heterocycles. The van der Waals surface area contributed by atoms with Gasteiger partial charge in [0.05, 0.1) is 0 Å². The Hall–Kier alpha value is -1.26. The van der Waals surface area contributed by atoms with Crippen LogP contribution in [0.25, 0.3) is 0 Å². The molecule has 0 bridgehead atoms. The lowest BCUT2D eigenvalue weighted by Crippen LogP contribution is -2.09. The molecule has 0 spiro atoms. The second-order valence-electron chi connectivity index (χ2n) is 3.34. The molecule has 1 heteroatoms. The Morgan fingerprint density at radius 3 is 2.64 bits per heavy atom. The lowest BCUT2D eigenvalue weighted by Gasteiger charge is -2.10. The van der Waals surface area contributed by atoms with Crippen LogP contribution in [0.3, 0.4) is 0 Å². The van der Waals surface area contributed by atoms with Crippen LogP contribution in [0.15, 0.2) is 30.3 Å². The standard InChI is InChI=1S/C13H17N/c1-2-3-4-8-11-13(14)12-9-6-5-7-10-12/h5-7,9-10,13H,4,8,11,14H2,1H3. The van der Waals surface area contributed by atoms with Crippen molar-refractivity contribution in [3.63, 3.8) is 0 Å². The van der Waals surface area contributed by atoms with Crippen molar-refractivity contribution in [2.24, 2.45) is 5.73 Å². The van der Waals surface area contributed by atoms with Gasteiger partial charge >= 0.3 is 0 Å². The summed E-state index contributed by atoms with van der Waals surface area (Å²) in [6.07, 6.45) is 3.05. The maximum atomic E-state index is 6.03. The third kappa shape index (κ3) is 3.64. The van der Waals surface area contributed by atoms with Crippen LogP contribution in [0, 0.1) is 11.8 Å². The summed E-state index contributed by atoms with van der Waals surface area (Å²) in [5, 5.41) is 0. The molecule has 0 aliphatic rings. The van der Waals surface area contributed by atoms with Crippen LogP contribution in [-0.2, 0) is 0 Å². The van der Waals surface area contributed by atoms with Gasteiger partial charge in [0, 0.05) is 12.5 Å². The average Bonchev–Trinajstić information content (AvgIpc) is 2.25. The van der Waals surface area contributed by atoms with Crippen molar-refractivity contribution in [3.05, 3.63) is 35.9 Å². The van der Waals surface area contributed by atoms with Crippen molar-refractivity contribution in [1.29, 1.82) is 0 Å². The Morgan fingerprint density at radius 2 is 2.00 bits per heavy atom. The van der Waals surface area contributed by atoms with E-state index in [2.05, 4.69) is 24.0 Å². The zero-order chi connectivity index (χ0) is 10.2. The molecule has 74 valence electrons. The smallest absolute Gasteiger partial charge is 0.0295 e. The van der Waals surface area contributed by atoms with Gasteiger partial charge in [-0.25, -0.2) is 0 Å². The van der Waals surface area contributed by atoms with Crippen LogP contribution < -0.4 is 5.73 Å². The van der Waals surface area contributed by atoms with Gasteiger partial charge in [-0.05, 0) is 25.3 Å². The van der Waals surface area contributed by atoms with E-state index in [0.29, 0.717) is 0 Å². The summed E-state index contributed by atoms with van der Waals surface area (Å²) in [5.41, 5.74) is 7.25. The normalized spacial score (nSPS) is 11.6. The first-order chi connectivity index (χ1) is 6.84.